The van der Waals surface area contributed by atoms with Gasteiger partial charge in [0, 0.05) is 24.2 Å². The van der Waals surface area contributed by atoms with Gasteiger partial charge in [-0.2, -0.15) is 0 Å². The molecule has 0 spiro atoms. The Balaban J connectivity index is 1.51. The molecule has 1 unspecified atom stereocenters. The molecule has 2 amide bonds. The van der Waals surface area contributed by atoms with Gasteiger partial charge in [-0.3, -0.25) is 9.59 Å². The van der Waals surface area contributed by atoms with E-state index in [2.05, 4.69) is 5.32 Å². The van der Waals surface area contributed by atoms with Gasteiger partial charge in [-0.1, -0.05) is 51.4 Å². The highest BCUT2D eigenvalue weighted by atomic mass is 16.3. The number of carbonyl (C=O) groups excluding carboxylic acids is 2. The number of nitrogens with one attached hydrogen (secondary N) is 1. The third kappa shape index (κ3) is 3.68. The minimum Gasteiger partial charge on any atom is -0.463 e. The minimum atomic E-state index is -0.894. The predicted octanol–water partition coefficient (Wildman–Crippen LogP) is 5.01. The highest BCUT2D eigenvalue weighted by molar-refractivity contribution is 6.03. The average molecular weight is 426 g/mol. The van der Waals surface area contributed by atoms with Crippen LogP contribution in [0.4, 0.5) is 0 Å². The molecule has 0 aromatic carbocycles. The fraction of sp³-hybridized carbons (Fsp3) is 0.680. The Morgan fingerprint density at radius 3 is 2.35 bits per heavy atom. The van der Waals surface area contributed by atoms with Crippen molar-refractivity contribution in [1.29, 1.82) is 0 Å². The molecule has 3 aliphatic rings. The topological polar surface area (TPSA) is 67.5 Å². The summed E-state index contributed by atoms with van der Waals surface area (Å²) in [7, 11) is 0. The van der Waals surface area contributed by atoms with Crippen molar-refractivity contribution in [2.45, 2.75) is 108 Å². The molecule has 2 aromatic rings. The van der Waals surface area contributed by atoms with Gasteiger partial charge < -0.3 is 19.2 Å². The van der Waals surface area contributed by atoms with Gasteiger partial charge in [-0.15, -0.1) is 0 Å². The third-order valence-corrected chi connectivity index (χ3v) is 7.83. The molecule has 1 atom stereocenters. The number of aromatic nitrogens is 1. The summed E-state index contributed by atoms with van der Waals surface area (Å²) < 4.78 is 7.59. The molecule has 6 nitrogen and oxygen atoms in total. The van der Waals surface area contributed by atoms with E-state index in [-0.39, 0.29) is 23.9 Å². The summed E-state index contributed by atoms with van der Waals surface area (Å²) in [6.45, 7) is 2.46. The van der Waals surface area contributed by atoms with Crippen LogP contribution in [0.1, 0.15) is 94.5 Å². The van der Waals surface area contributed by atoms with Crippen molar-refractivity contribution in [2.75, 3.05) is 0 Å². The average Bonchev–Trinajstić information content (AvgIpc) is 3.09. The van der Waals surface area contributed by atoms with Crippen LogP contribution in [-0.2, 0) is 11.3 Å². The molecular weight excluding hydrogens is 390 g/mol. The summed E-state index contributed by atoms with van der Waals surface area (Å²) in [4.78, 5) is 29.7. The Kier molecular flexibility index (Phi) is 5.57. The molecule has 168 valence electrons. The summed E-state index contributed by atoms with van der Waals surface area (Å²) in [5, 5.41) is 3.37. The van der Waals surface area contributed by atoms with E-state index in [0.717, 1.165) is 49.6 Å². The first-order valence-electron chi connectivity index (χ1n) is 12.3. The highest BCUT2D eigenvalue weighted by Crippen LogP contribution is 2.37. The summed E-state index contributed by atoms with van der Waals surface area (Å²) >= 11 is 0. The summed E-state index contributed by atoms with van der Waals surface area (Å²) in [6, 6.07) is 4.09. The fourth-order valence-electron chi connectivity index (χ4n) is 6.09. The number of nitrogens with zero attached hydrogens (tertiary/aromatic N) is 2. The van der Waals surface area contributed by atoms with E-state index < -0.39 is 5.54 Å². The molecule has 1 N–H and O–H groups in total. The molecular formula is C25H35N3O3. The number of furan rings is 1. The molecule has 6 heteroatoms. The summed E-state index contributed by atoms with van der Waals surface area (Å²) in [6.07, 6.45) is 15.2. The quantitative estimate of drug-likeness (QED) is 0.703. The van der Waals surface area contributed by atoms with Crippen LogP contribution in [0.5, 0.6) is 0 Å². The van der Waals surface area contributed by atoms with E-state index in [4.69, 9.17) is 4.42 Å². The van der Waals surface area contributed by atoms with E-state index in [1.807, 2.05) is 28.5 Å². The molecule has 2 aromatic heterocycles. The number of rotatable bonds is 3. The number of amides is 2. The maximum Gasteiger partial charge on any atom is 0.271 e. The second-order valence-electron chi connectivity index (χ2n) is 10.0. The van der Waals surface area contributed by atoms with E-state index >= 15 is 0 Å². The van der Waals surface area contributed by atoms with Gasteiger partial charge in [0.1, 0.15) is 11.2 Å². The molecule has 31 heavy (non-hydrogen) atoms. The first kappa shape index (κ1) is 20.7. The smallest absolute Gasteiger partial charge is 0.271 e. The standard InChI is InChI=1S/C25H35N3O3/c1-25(24(30)26-18-10-6-2-3-7-11-18)17-27-20-14-15-31-22(20)16-21(27)23(29)28(25)19-12-8-4-5-9-13-19/h14-16,18-19H,2-13,17H2,1H3,(H,26,30). The zero-order chi connectivity index (χ0) is 21.4. The molecule has 1 aliphatic heterocycles. The number of hydrogen-bond acceptors (Lipinski definition) is 3. The molecule has 0 saturated heterocycles. The molecule has 2 aliphatic carbocycles. The van der Waals surface area contributed by atoms with Crippen LogP contribution in [0.25, 0.3) is 11.1 Å². The van der Waals surface area contributed by atoms with Crippen molar-refractivity contribution >= 4 is 22.9 Å². The largest absolute Gasteiger partial charge is 0.463 e. The molecule has 2 fully saturated rings. The Hall–Kier alpha value is -2.24. The Morgan fingerprint density at radius 1 is 1.03 bits per heavy atom. The van der Waals surface area contributed by atoms with Gasteiger partial charge in [0.2, 0.25) is 5.91 Å². The second-order valence-corrected chi connectivity index (χ2v) is 10.0. The van der Waals surface area contributed by atoms with E-state index in [1.54, 1.807) is 6.26 Å². The van der Waals surface area contributed by atoms with Crippen LogP contribution >= 0.6 is 0 Å². The Bertz CT molecular complexity index is 945. The monoisotopic (exact) mass is 425 g/mol. The number of hydrogen-bond donors (Lipinski definition) is 1. The van der Waals surface area contributed by atoms with E-state index in [9.17, 15) is 9.59 Å². The molecule has 5 rings (SSSR count). The lowest BCUT2D eigenvalue weighted by atomic mass is 9.89. The first-order chi connectivity index (χ1) is 15.1. The lowest BCUT2D eigenvalue weighted by Crippen LogP contribution is -2.67. The maximum absolute atomic E-state index is 13.8. The van der Waals surface area contributed by atoms with Crippen molar-refractivity contribution in [3.63, 3.8) is 0 Å². The normalized spacial score (nSPS) is 26.5. The van der Waals surface area contributed by atoms with E-state index in [1.165, 1.54) is 38.5 Å². The second kappa shape index (κ2) is 8.36. The Morgan fingerprint density at radius 2 is 1.68 bits per heavy atom. The van der Waals surface area contributed by atoms with Crippen molar-refractivity contribution in [3.8, 4) is 0 Å². The van der Waals surface area contributed by atoms with Gasteiger partial charge >= 0.3 is 0 Å². The van der Waals surface area contributed by atoms with Gasteiger partial charge in [0.15, 0.2) is 5.58 Å². The lowest BCUT2D eigenvalue weighted by molar-refractivity contribution is -0.135. The molecule has 0 radical (unpaired) electrons. The van der Waals surface area contributed by atoms with Crippen molar-refractivity contribution in [2.24, 2.45) is 0 Å². The maximum atomic E-state index is 13.8. The lowest BCUT2D eigenvalue weighted by Gasteiger charge is -2.48. The third-order valence-electron chi connectivity index (χ3n) is 7.83. The number of fused-ring (bicyclic) bond motifs is 3. The Labute approximate surface area is 184 Å². The van der Waals surface area contributed by atoms with Gasteiger partial charge in [0.05, 0.1) is 18.3 Å². The minimum absolute atomic E-state index is 0.00740. The van der Waals surface area contributed by atoms with Crippen LogP contribution in [0, 0.1) is 0 Å². The molecule has 2 saturated carbocycles. The fourth-order valence-corrected chi connectivity index (χ4v) is 6.09. The SMILES string of the molecule is CC1(C(=O)NC2CCCCCC2)Cn2c(cc3occc32)C(=O)N1C1CCCCCC1. The molecule has 3 heterocycles. The zero-order valence-electron chi connectivity index (χ0n) is 18.7. The van der Waals surface area contributed by atoms with Crippen LogP contribution in [0.2, 0.25) is 0 Å². The van der Waals surface area contributed by atoms with Crippen LogP contribution in [0.3, 0.4) is 0 Å². The van der Waals surface area contributed by atoms with Crippen LogP contribution < -0.4 is 5.32 Å². The van der Waals surface area contributed by atoms with Gasteiger partial charge in [-0.05, 0) is 32.6 Å². The first-order valence-corrected chi connectivity index (χ1v) is 12.3. The zero-order valence-corrected chi connectivity index (χ0v) is 18.7. The van der Waals surface area contributed by atoms with Crippen LogP contribution in [-0.4, -0.2) is 38.9 Å². The number of carbonyl (C=O) groups is 2. The van der Waals surface area contributed by atoms with E-state index in [0.29, 0.717) is 12.2 Å². The van der Waals surface area contributed by atoms with Gasteiger partial charge in [-0.25, -0.2) is 0 Å². The summed E-state index contributed by atoms with van der Waals surface area (Å²) in [5.74, 6) is -0.0175. The van der Waals surface area contributed by atoms with Crippen molar-refractivity contribution in [3.05, 3.63) is 24.1 Å². The molecule has 0 bridgehead atoms. The van der Waals surface area contributed by atoms with Crippen LogP contribution in [0.15, 0.2) is 22.8 Å². The highest BCUT2D eigenvalue weighted by Gasteiger charge is 2.50. The van der Waals surface area contributed by atoms with Gasteiger partial charge in [0.25, 0.3) is 5.91 Å². The van der Waals surface area contributed by atoms with Crippen molar-refractivity contribution in [1.82, 2.24) is 14.8 Å². The van der Waals surface area contributed by atoms with Crippen molar-refractivity contribution < 1.29 is 14.0 Å². The summed E-state index contributed by atoms with van der Waals surface area (Å²) in [5.41, 5.74) is 1.38. The predicted molar refractivity (Wildman–Crippen MR) is 120 cm³/mol.